The van der Waals surface area contributed by atoms with E-state index in [1.807, 2.05) is 10.6 Å². The summed E-state index contributed by atoms with van der Waals surface area (Å²) in [5, 5.41) is 3.43. The maximum atomic E-state index is 12.5. The zero-order valence-corrected chi connectivity index (χ0v) is 14.2. The largest absolute Gasteiger partial charge is 0.316 e. The van der Waals surface area contributed by atoms with Crippen LogP contribution in [0.4, 0.5) is 0 Å². The highest BCUT2D eigenvalue weighted by Gasteiger charge is 2.31. The first-order valence-corrected chi connectivity index (χ1v) is 9.93. The summed E-state index contributed by atoms with van der Waals surface area (Å²) in [6, 6.07) is 6.82. The molecule has 1 N–H and O–H groups in total. The van der Waals surface area contributed by atoms with E-state index in [2.05, 4.69) is 10.3 Å². The molecule has 2 atom stereocenters. The summed E-state index contributed by atoms with van der Waals surface area (Å²) in [6.45, 7) is 2.62. The second-order valence-electron chi connectivity index (χ2n) is 6.73. The monoisotopic (exact) mass is 345 g/mol. The minimum Gasteiger partial charge on any atom is -0.316 e. The molecule has 2 aromatic heterocycles. The van der Waals surface area contributed by atoms with Crippen LogP contribution in [0.1, 0.15) is 18.0 Å². The maximum absolute atomic E-state index is 12.5. The van der Waals surface area contributed by atoms with Gasteiger partial charge in [0, 0.05) is 48.8 Å². The normalized spacial score (nSPS) is 22.9. The van der Waals surface area contributed by atoms with E-state index in [0.717, 1.165) is 43.6 Å². The van der Waals surface area contributed by atoms with E-state index in [9.17, 15) is 13.2 Å². The van der Waals surface area contributed by atoms with Crippen LogP contribution in [0.15, 0.2) is 40.2 Å². The number of pyridine rings is 2. The van der Waals surface area contributed by atoms with Gasteiger partial charge in [-0.3, -0.25) is 9.78 Å². The SMILES string of the molecule is CS(=O)(=O)c1ccc(-c2cc3n(c(=O)c2)C[C@@H]2CNC[C@H]3C2)nc1. The van der Waals surface area contributed by atoms with Crippen LogP contribution in [0.5, 0.6) is 0 Å². The Balaban J connectivity index is 1.78. The molecule has 126 valence electrons. The fourth-order valence-corrected chi connectivity index (χ4v) is 4.28. The predicted octanol–water partition coefficient (Wildman–Crippen LogP) is 1.02. The van der Waals surface area contributed by atoms with Gasteiger partial charge < -0.3 is 9.88 Å². The van der Waals surface area contributed by atoms with Crippen LogP contribution in [0.25, 0.3) is 11.3 Å². The van der Waals surface area contributed by atoms with E-state index in [1.165, 1.54) is 12.3 Å². The summed E-state index contributed by atoms with van der Waals surface area (Å²) < 4.78 is 25.0. The molecule has 24 heavy (non-hydrogen) atoms. The Labute approximate surface area is 140 Å². The van der Waals surface area contributed by atoms with Crippen molar-refractivity contribution < 1.29 is 8.42 Å². The fraction of sp³-hybridized carbons (Fsp3) is 0.412. The summed E-state index contributed by atoms with van der Waals surface area (Å²) in [4.78, 5) is 17.0. The summed E-state index contributed by atoms with van der Waals surface area (Å²) in [5.74, 6) is 0.868. The van der Waals surface area contributed by atoms with Crippen LogP contribution in [0.3, 0.4) is 0 Å². The van der Waals surface area contributed by atoms with Gasteiger partial charge in [-0.2, -0.15) is 0 Å². The number of nitrogens with zero attached hydrogens (tertiary/aromatic N) is 2. The molecule has 6 nitrogen and oxygen atoms in total. The van der Waals surface area contributed by atoms with E-state index in [4.69, 9.17) is 0 Å². The molecular formula is C17H19N3O3S. The van der Waals surface area contributed by atoms with Crippen LogP contribution >= 0.6 is 0 Å². The molecule has 7 heteroatoms. The number of hydrogen-bond acceptors (Lipinski definition) is 5. The number of sulfone groups is 1. The highest BCUT2D eigenvalue weighted by molar-refractivity contribution is 7.90. The van der Waals surface area contributed by atoms with Gasteiger partial charge in [-0.25, -0.2) is 8.42 Å². The lowest BCUT2D eigenvalue weighted by molar-refractivity contribution is 0.257. The lowest BCUT2D eigenvalue weighted by atomic mass is 9.83. The Bertz CT molecular complexity index is 948. The quantitative estimate of drug-likeness (QED) is 0.879. The molecule has 0 radical (unpaired) electrons. The summed E-state index contributed by atoms with van der Waals surface area (Å²) in [7, 11) is -3.27. The van der Waals surface area contributed by atoms with Crippen LogP contribution in [0, 0.1) is 5.92 Å². The second-order valence-corrected chi connectivity index (χ2v) is 8.74. The van der Waals surface area contributed by atoms with Crippen LogP contribution in [-0.4, -0.2) is 37.3 Å². The Morgan fingerprint density at radius 3 is 2.79 bits per heavy atom. The highest BCUT2D eigenvalue weighted by Crippen LogP contribution is 2.33. The van der Waals surface area contributed by atoms with Crippen molar-refractivity contribution in [1.29, 1.82) is 0 Å². The Morgan fingerprint density at radius 2 is 2.08 bits per heavy atom. The number of hydrogen-bond donors (Lipinski definition) is 1. The third-order valence-corrected chi connectivity index (χ3v) is 6.02. The molecular weight excluding hydrogens is 326 g/mol. The van der Waals surface area contributed by atoms with Crippen LogP contribution in [-0.2, 0) is 16.4 Å². The van der Waals surface area contributed by atoms with Gasteiger partial charge in [-0.1, -0.05) is 0 Å². The Morgan fingerprint density at radius 1 is 1.25 bits per heavy atom. The van der Waals surface area contributed by atoms with Crippen molar-refractivity contribution in [2.24, 2.45) is 5.92 Å². The lowest BCUT2D eigenvalue weighted by Crippen LogP contribution is -2.44. The fourth-order valence-electron chi connectivity index (χ4n) is 3.72. The topological polar surface area (TPSA) is 81.1 Å². The van der Waals surface area contributed by atoms with Crippen molar-refractivity contribution in [2.75, 3.05) is 19.3 Å². The molecule has 0 amide bonds. The van der Waals surface area contributed by atoms with Crippen LogP contribution in [0.2, 0.25) is 0 Å². The smallest absolute Gasteiger partial charge is 0.251 e. The van der Waals surface area contributed by atoms with E-state index in [-0.39, 0.29) is 10.5 Å². The summed E-state index contributed by atoms with van der Waals surface area (Å²) in [6.07, 6.45) is 3.61. The Kier molecular flexibility index (Phi) is 3.58. The molecule has 2 aliphatic rings. The van der Waals surface area contributed by atoms with Crippen LogP contribution < -0.4 is 10.9 Å². The van der Waals surface area contributed by atoms with Gasteiger partial charge in [0.05, 0.1) is 10.6 Å². The molecule has 0 spiro atoms. The number of piperidine rings is 1. The van der Waals surface area contributed by atoms with Gasteiger partial charge in [0.15, 0.2) is 9.84 Å². The number of rotatable bonds is 2. The van der Waals surface area contributed by atoms with Crippen molar-refractivity contribution in [1.82, 2.24) is 14.9 Å². The van der Waals surface area contributed by atoms with Crippen molar-refractivity contribution in [3.8, 4) is 11.3 Å². The molecule has 1 fully saturated rings. The first-order chi connectivity index (χ1) is 11.4. The molecule has 0 saturated carbocycles. The van der Waals surface area contributed by atoms with E-state index in [1.54, 1.807) is 12.1 Å². The van der Waals surface area contributed by atoms with Gasteiger partial charge in [0.2, 0.25) is 0 Å². The van der Waals surface area contributed by atoms with Gasteiger partial charge in [0.1, 0.15) is 0 Å². The van der Waals surface area contributed by atoms with E-state index >= 15 is 0 Å². The summed E-state index contributed by atoms with van der Waals surface area (Å²) in [5.41, 5.74) is 2.41. The van der Waals surface area contributed by atoms with Gasteiger partial charge in [0.25, 0.3) is 5.56 Å². The molecule has 0 aliphatic carbocycles. The summed E-state index contributed by atoms with van der Waals surface area (Å²) >= 11 is 0. The van der Waals surface area contributed by atoms with E-state index < -0.39 is 9.84 Å². The van der Waals surface area contributed by atoms with Gasteiger partial charge in [-0.05, 0) is 37.1 Å². The average molecular weight is 345 g/mol. The predicted molar refractivity (Wildman–Crippen MR) is 90.8 cm³/mol. The minimum absolute atomic E-state index is 0.00640. The second kappa shape index (κ2) is 5.53. The molecule has 2 bridgehead atoms. The molecule has 4 heterocycles. The third kappa shape index (κ3) is 2.67. The number of fused-ring (bicyclic) bond motifs is 4. The standard InChI is InChI=1S/C17H19N3O3S/c1-24(22,23)14-2-3-15(19-9-14)12-5-16-13-4-11(7-18-8-13)10-20(16)17(21)6-12/h2-3,5-6,9,11,13,18H,4,7-8,10H2,1H3/t11-,13+/m0/s1. The molecule has 4 rings (SSSR count). The highest BCUT2D eigenvalue weighted by atomic mass is 32.2. The van der Waals surface area contributed by atoms with E-state index in [0.29, 0.717) is 17.5 Å². The molecule has 0 unspecified atom stereocenters. The Hall–Kier alpha value is -1.99. The first-order valence-electron chi connectivity index (χ1n) is 8.04. The zero-order chi connectivity index (χ0) is 16.9. The lowest BCUT2D eigenvalue weighted by Gasteiger charge is -2.37. The zero-order valence-electron chi connectivity index (χ0n) is 13.4. The van der Waals surface area contributed by atoms with Crippen molar-refractivity contribution in [3.05, 3.63) is 46.5 Å². The first kappa shape index (κ1) is 15.5. The maximum Gasteiger partial charge on any atom is 0.251 e. The van der Waals surface area contributed by atoms with Crippen molar-refractivity contribution in [3.63, 3.8) is 0 Å². The third-order valence-electron chi connectivity index (χ3n) is 4.92. The molecule has 2 aliphatic heterocycles. The number of aromatic nitrogens is 2. The number of nitrogens with one attached hydrogen (secondary N) is 1. The molecule has 0 aromatic carbocycles. The van der Waals surface area contributed by atoms with Crippen molar-refractivity contribution in [2.45, 2.75) is 23.8 Å². The molecule has 2 aromatic rings. The van der Waals surface area contributed by atoms with Crippen molar-refractivity contribution >= 4 is 9.84 Å². The van der Waals surface area contributed by atoms with Gasteiger partial charge in [-0.15, -0.1) is 0 Å². The average Bonchev–Trinajstić information content (AvgIpc) is 2.55. The van der Waals surface area contributed by atoms with Gasteiger partial charge >= 0.3 is 0 Å². The molecule has 1 saturated heterocycles. The minimum atomic E-state index is -3.27.